The number of hydrogen-bond donors (Lipinski definition) is 1. The van der Waals surface area contributed by atoms with Gasteiger partial charge in [-0.25, -0.2) is 4.68 Å². The second-order valence-corrected chi connectivity index (χ2v) is 3.25. The zero-order valence-corrected chi connectivity index (χ0v) is 8.94. The van der Waals surface area contributed by atoms with Crippen LogP contribution in [0.3, 0.4) is 0 Å². The van der Waals surface area contributed by atoms with Gasteiger partial charge in [-0.15, -0.1) is 0 Å². The van der Waals surface area contributed by atoms with Crippen LogP contribution in [0.25, 0.3) is 0 Å². The Morgan fingerprint density at radius 1 is 1.79 bits per heavy atom. The van der Waals surface area contributed by atoms with Crippen LogP contribution in [0.1, 0.15) is 0 Å². The van der Waals surface area contributed by atoms with Gasteiger partial charge in [-0.2, -0.15) is 5.10 Å². The SMILES string of the molecule is COC(=O)Cn1ncc(N)c(Br)c1=O. The van der Waals surface area contributed by atoms with Crippen molar-refractivity contribution in [3.63, 3.8) is 0 Å². The summed E-state index contributed by atoms with van der Waals surface area (Å²) in [5.41, 5.74) is 5.18. The third-order valence-electron chi connectivity index (χ3n) is 1.52. The van der Waals surface area contributed by atoms with Crippen LogP contribution < -0.4 is 11.3 Å². The van der Waals surface area contributed by atoms with Gasteiger partial charge in [0.25, 0.3) is 5.56 Å². The molecule has 0 saturated heterocycles. The number of ether oxygens (including phenoxy) is 1. The van der Waals surface area contributed by atoms with Crippen molar-refractivity contribution in [1.82, 2.24) is 9.78 Å². The average molecular weight is 262 g/mol. The van der Waals surface area contributed by atoms with Gasteiger partial charge >= 0.3 is 5.97 Å². The molecule has 1 aromatic rings. The minimum atomic E-state index is -0.545. The lowest BCUT2D eigenvalue weighted by atomic mass is 10.5. The average Bonchev–Trinajstić information content (AvgIpc) is 2.19. The third-order valence-corrected chi connectivity index (χ3v) is 2.32. The Hall–Kier alpha value is -1.37. The first-order chi connectivity index (χ1) is 6.56. The first-order valence-electron chi connectivity index (χ1n) is 3.64. The monoisotopic (exact) mass is 261 g/mol. The molecule has 0 aromatic carbocycles. The first-order valence-corrected chi connectivity index (χ1v) is 4.43. The van der Waals surface area contributed by atoms with Crippen LogP contribution in [0.2, 0.25) is 0 Å². The fraction of sp³-hybridized carbons (Fsp3) is 0.286. The number of halogens is 1. The summed E-state index contributed by atoms with van der Waals surface area (Å²) < 4.78 is 5.55. The van der Waals surface area contributed by atoms with Crippen molar-refractivity contribution in [2.75, 3.05) is 12.8 Å². The molecule has 1 rings (SSSR count). The van der Waals surface area contributed by atoms with Gasteiger partial charge in [0.05, 0.1) is 19.0 Å². The minimum absolute atomic E-state index is 0.191. The predicted molar refractivity (Wildman–Crippen MR) is 52.6 cm³/mol. The van der Waals surface area contributed by atoms with E-state index >= 15 is 0 Å². The second kappa shape index (κ2) is 4.23. The molecule has 0 fully saturated rings. The van der Waals surface area contributed by atoms with E-state index in [9.17, 15) is 9.59 Å². The highest BCUT2D eigenvalue weighted by molar-refractivity contribution is 9.10. The van der Waals surface area contributed by atoms with Crippen molar-refractivity contribution < 1.29 is 9.53 Å². The summed E-state index contributed by atoms with van der Waals surface area (Å²) in [5.74, 6) is -0.545. The summed E-state index contributed by atoms with van der Waals surface area (Å²) in [4.78, 5) is 22.3. The van der Waals surface area contributed by atoms with Crippen LogP contribution in [-0.2, 0) is 16.1 Å². The first kappa shape index (κ1) is 10.7. The molecule has 7 heteroatoms. The topological polar surface area (TPSA) is 87.2 Å². The van der Waals surface area contributed by atoms with E-state index in [0.717, 1.165) is 4.68 Å². The highest BCUT2D eigenvalue weighted by Crippen LogP contribution is 2.10. The molecule has 0 saturated carbocycles. The molecule has 0 aliphatic heterocycles. The summed E-state index contributed by atoms with van der Waals surface area (Å²) >= 11 is 2.99. The Kier molecular flexibility index (Phi) is 3.23. The van der Waals surface area contributed by atoms with Gasteiger partial charge in [-0.05, 0) is 15.9 Å². The summed E-state index contributed by atoms with van der Waals surface area (Å²) in [6.45, 7) is -0.228. The molecule has 1 aromatic heterocycles. The molecule has 0 unspecified atom stereocenters. The zero-order chi connectivity index (χ0) is 10.7. The predicted octanol–water partition coefficient (Wildman–Crippen LogP) is -0.239. The summed E-state index contributed by atoms with van der Waals surface area (Å²) in [6, 6.07) is 0. The van der Waals surface area contributed by atoms with Crippen LogP contribution in [0.5, 0.6) is 0 Å². The Labute approximate surface area is 87.8 Å². The molecule has 0 amide bonds. The van der Waals surface area contributed by atoms with Crippen molar-refractivity contribution in [3.8, 4) is 0 Å². The van der Waals surface area contributed by atoms with Gasteiger partial charge in [0.2, 0.25) is 0 Å². The molecule has 0 aliphatic carbocycles. The Morgan fingerprint density at radius 2 is 2.43 bits per heavy atom. The van der Waals surface area contributed by atoms with Crippen LogP contribution >= 0.6 is 15.9 Å². The van der Waals surface area contributed by atoms with E-state index in [2.05, 4.69) is 25.8 Å². The Bertz CT molecular complexity index is 415. The summed E-state index contributed by atoms with van der Waals surface area (Å²) in [7, 11) is 1.24. The number of rotatable bonds is 2. The van der Waals surface area contributed by atoms with Crippen LogP contribution in [0.15, 0.2) is 15.5 Å². The molecule has 0 radical (unpaired) electrons. The van der Waals surface area contributed by atoms with E-state index < -0.39 is 11.5 Å². The van der Waals surface area contributed by atoms with Crippen molar-refractivity contribution in [2.24, 2.45) is 0 Å². The molecule has 6 nitrogen and oxygen atoms in total. The molecule has 0 bridgehead atoms. The number of carbonyl (C=O) groups excluding carboxylic acids is 1. The van der Waals surface area contributed by atoms with E-state index in [-0.39, 0.29) is 16.7 Å². The van der Waals surface area contributed by atoms with Crippen molar-refractivity contribution in [3.05, 3.63) is 21.0 Å². The van der Waals surface area contributed by atoms with E-state index in [0.29, 0.717) is 0 Å². The standard InChI is InChI=1S/C7H8BrN3O3/c1-14-5(12)3-11-7(13)6(8)4(9)2-10-11/h2H,3,9H2,1H3. The molecule has 14 heavy (non-hydrogen) atoms. The van der Waals surface area contributed by atoms with Gasteiger partial charge < -0.3 is 10.5 Å². The number of esters is 1. The fourth-order valence-electron chi connectivity index (χ4n) is 0.777. The number of nitrogens with zero attached hydrogens (tertiary/aromatic N) is 2. The lowest BCUT2D eigenvalue weighted by Crippen LogP contribution is -2.28. The van der Waals surface area contributed by atoms with E-state index in [1.165, 1.54) is 13.3 Å². The molecule has 1 heterocycles. The number of nitrogen functional groups attached to an aromatic ring is 1. The molecule has 0 aliphatic rings. The van der Waals surface area contributed by atoms with Gasteiger partial charge in [0.1, 0.15) is 11.0 Å². The number of anilines is 1. The maximum atomic E-state index is 11.4. The summed E-state index contributed by atoms with van der Waals surface area (Å²) in [6.07, 6.45) is 1.29. The van der Waals surface area contributed by atoms with Gasteiger partial charge in [-0.1, -0.05) is 0 Å². The van der Waals surface area contributed by atoms with Crippen LogP contribution in [0.4, 0.5) is 5.69 Å². The quantitative estimate of drug-likeness (QED) is 0.743. The molecule has 0 atom stereocenters. The maximum absolute atomic E-state index is 11.4. The molecular formula is C7H8BrN3O3. The van der Waals surface area contributed by atoms with Crippen molar-refractivity contribution >= 4 is 27.6 Å². The van der Waals surface area contributed by atoms with Gasteiger partial charge in [-0.3, -0.25) is 9.59 Å². The van der Waals surface area contributed by atoms with Crippen molar-refractivity contribution in [1.29, 1.82) is 0 Å². The smallest absolute Gasteiger partial charge is 0.327 e. The van der Waals surface area contributed by atoms with Crippen molar-refractivity contribution in [2.45, 2.75) is 6.54 Å². The normalized spacial score (nSPS) is 9.86. The molecule has 2 N–H and O–H groups in total. The molecule has 0 spiro atoms. The van der Waals surface area contributed by atoms with E-state index in [1.807, 2.05) is 0 Å². The van der Waals surface area contributed by atoms with Crippen LogP contribution in [-0.4, -0.2) is 22.9 Å². The number of methoxy groups -OCH3 is 1. The highest BCUT2D eigenvalue weighted by Gasteiger charge is 2.09. The maximum Gasteiger partial charge on any atom is 0.327 e. The van der Waals surface area contributed by atoms with Gasteiger partial charge in [0.15, 0.2) is 0 Å². The molecular weight excluding hydrogens is 254 g/mol. The Morgan fingerprint density at radius 3 is 3.00 bits per heavy atom. The van der Waals surface area contributed by atoms with E-state index in [1.54, 1.807) is 0 Å². The highest BCUT2D eigenvalue weighted by atomic mass is 79.9. The lowest BCUT2D eigenvalue weighted by Gasteiger charge is -2.04. The number of carbonyl (C=O) groups is 1. The largest absolute Gasteiger partial charge is 0.468 e. The lowest BCUT2D eigenvalue weighted by molar-refractivity contribution is -0.141. The number of aromatic nitrogens is 2. The third kappa shape index (κ3) is 2.11. The van der Waals surface area contributed by atoms with Gasteiger partial charge in [0, 0.05) is 0 Å². The zero-order valence-electron chi connectivity index (χ0n) is 7.36. The van der Waals surface area contributed by atoms with E-state index in [4.69, 9.17) is 5.73 Å². The minimum Gasteiger partial charge on any atom is -0.468 e. The number of hydrogen-bond acceptors (Lipinski definition) is 5. The fourth-order valence-corrected chi connectivity index (χ4v) is 1.08. The number of nitrogens with two attached hydrogens (primary N) is 1. The molecule has 76 valence electrons. The van der Waals surface area contributed by atoms with Crippen LogP contribution in [0, 0.1) is 0 Å². The summed E-state index contributed by atoms with van der Waals surface area (Å²) in [5, 5.41) is 3.67. The Balaban J connectivity index is 3.06. The second-order valence-electron chi connectivity index (χ2n) is 2.45.